The van der Waals surface area contributed by atoms with Crippen LogP contribution < -0.4 is 4.72 Å². The van der Waals surface area contributed by atoms with Crippen LogP contribution in [-0.2, 0) is 10.0 Å². The summed E-state index contributed by atoms with van der Waals surface area (Å²) in [6, 6.07) is 1.68. The van der Waals surface area contributed by atoms with Crippen LogP contribution in [0.15, 0.2) is 20.1 Å². The smallest absolute Gasteiger partial charge is 0.207 e. The van der Waals surface area contributed by atoms with Crippen LogP contribution in [-0.4, -0.2) is 26.5 Å². The van der Waals surface area contributed by atoms with Gasteiger partial charge < -0.3 is 0 Å². The molecular formula is C8H12BrNO2S3. The van der Waals surface area contributed by atoms with Crippen molar-refractivity contribution >= 4 is 49.1 Å². The van der Waals surface area contributed by atoms with Gasteiger partial charge in [0.15, 0.2) is 0 Å². The van der Waals surface area contributed by atoms with Gasteiger partial charge in [0.25, 0.3) is 10.0 Å². The second kappa shape index (κ2) is 5.67. The summed E-state index contributed by atoms with van der Waals surface area (Å²) in [6.07, 6.45) is 1.95. The Labute approximate surface area is 107 Å². The Morgan fingerprint density at radius 1 is 1.67 bits per heavy atom. The zero-order chi connectivity index (χ0) is 11.5. The average molecular weight is 330 g/mol. The number of halogens is 1. The lowest BCUT2D eigenvalue weighted by atomic mass is 10.4. The first kappa shape index (κ1) is 13.5. The molecule has 0 bridgehead atoms. The highest BCUT2D eigenvalue weighted by Gasteiger charge is 2.20. The molecule has 0 aromatic carbocycles. The SMILES string of the molecule is CSCC(C)NS(=O)(=O)c1sccc1Br. The van der Waals surface area contributed by atoms with Crippen LogP contribution in [0.1, 0.15) is 6.92 Å². The van der Waals surface area contributed by atoms with Crippen LogP contribution in [0.5, 0.6) is 0 Å². The molecule has 1 N–H and O–H groups in total. The van der Waals surface area contributed by atoms with Gasteiger partial charge in [0.05, 0.1) is 0 Å². The molecule has 1 unspecified atom stereocenters. The van der Waals surface area contributed by atoms with Crippen molar-refractivity contribution in [2.24, 2.45) is 0 Å². The van der Waals surface area contributed by atoms with Crippen molar-refractivity contribution in [2.45, 2.75) is 17.2 Å². The molecule has 0 aliphatic rings. The van der Waals surface area contributed by atoms with Crippen LogP contribution >= 0.6 is 39.0 Å². The highest BCUT2D eigenvalue weighted by molar-refractivity contribution is 9.10. The number of thiophene rings is 1. The summed E-state index contributed by atoms with van der Waals surface area (Å²) in [4.78, 5) is 0. The van der Waals surface area contributed by atoms with Gasteiger partial charge in [-0.25, -0.2) is 13.1 Å². The van der Waals surface area contributed by atoms with E-state index in [9.17, 15) is 8.42 Å². The molecule has 0 amide bonds. The lowest BCUT2D eigenvalue weighted by Crippen LogP contribution is -2.33. The monoisotopic (exact) mass is 329 g/mol. The van der Waals surface area contributed by atoms with Gasteiger partial charge in [-0.05, 0) is 40.6 Å². The second-order valence-corrected chi connectivity index (χ2v) is 7.62. The predicted octanol–water partition coefficient (Wildman–Crippen LogP) is 2.54. The first-order valence-corrected chi connectivity index (χ1v) is 8.76. The minimum atomic E-state index is -3.36. The summed E-state index contributed by atoms with van der Waals surface area (Å²) in [5.41, 5.74) is 0. The van der Waals surface area contributed by atoms with E-state index >= 15 is 0 Å². The number of nitrogens with one attached hydrogen (secondary N) is 1. The van der Waals surface area contributed by atoms with Crippen molar-refractivity contribution in [3.63, 3.8) is 0 Å². The molecule has 1 aromatic rings. The summed E-state index contributed by atoms with van der Waals surface area (Å²) in [5, 5.41) is 1.75. The van der Waals surface area contributed by atoms with Gasteiger partial charge in [0.2, 0.25) is 0 Å². The molecule has 1 rings (SSSR count). The van der Waals surface area contributed by atoms with Gasteiger partial charge >= 0.3 is 0 Å². The summed E-state index contributed by atoms with van der Waals surface area (Å²) in [7, 11) is -3.36. The number of hydrogen-bond donors (Lipinski definition) is 1. The van der Waals surface area contributed by atoms with Crippen molar-refractivity contribution in [3.05, 3.63) is 15.9 Å². The number of sulfonamides is 1. The Bertz CT molecular complexity index is 415. The normalized spacial score (nSPS) is 14.1. The molecule has 0 aliphatic heterocycles. The predicted molar refractivity (Wildman–Crippen MR) is 70.2 cm³/mol. The van der Waals surface area contributed by atoms with E-state index < -0.39 is 10.0 Å². The first-order valence-electron chi connectivity index (χ1n) is 4.21. The molecule has 0 saturated carbocycles. The van der Waals surface area contributed by atoms with E-state index in [1.165, 1.54) is 11.3 Å². The lowest BCUT2D eigenvalue weighted by Gasteiger charge is -2.11. The zero-order valence-corrected chi connectivity index (χ0v) is 12.4. The third kappa shape index (κ3) is 3.74. The Morgan fingerprint density at radius 2 is 2.33 bits per heavy atom. The Kier molecular flexibility index (Phi) is 5.11. The molecule has 0 aliphatic carbocycles. The molecule has 15 heavy (non-hydrogen) atoms. The van der Waals surface area contributed by atoms with Gasteiger partial charge in [-0.1, -0.05) is 0 Å². The van der Waals surface area contributed by atoms with E-state index in [-0.39, 0.29) is 6.04 Å². The summed E-state index contributed by atoms with van der Waals surface area (Å²) >= 11 is 6.05. The number of thioether (sulfide) groups is 1. The van der Waals surface area contributed by atoms with Crippen molar-refractivity contribution in [1.82, 2.24) is 4.72 Å². The van der Waals surface area contributed by atoms with E-state index in [1.54, 1.807) is 23.2 Å². The van der Waals surface area contributed by atoms with Crippen molar-refractivity contribution in [2.75, 3.05) is 12.0 Å². The standard InChI is InChI=1S/C8H12BrNO2S3/c1-6(5-13-2)10-15(11,12)8-7(9)3-4-14-8/h3-4,6,10H,5H2,1-2H3. The minimum Gasteiger partial charge on any atom is -0.207 e. The quantitative estimate of drug-likeness (QED) is 0.902. The molecule has 1 heterocycles. The molecule has 7 heteroatoms. The number of rotatable bonds is 5. The van der Waals surface area contributed by atoms with Crippen LogP contribution in [0.2, 0.25) is 0 Å². The summed E-state index contributed by atoms with van der Waals surface area (Å²) in [5.74, 6) is 0.766. The largest absolute Gasteiger partial charge is 0.251 e. The average Bonchev–Trinajstić information content (AvgIpc) is 2.51. The maximum Gasteiger partial charge on any atom is 0.251 e. The molecule has 3 nitrogen and oxygen atoms in total. The Morgan fingerprint density at radius 3 is 2.80 bits per heavy atom. The fourth-order valence-corrected chi connectivity index (χ4v) is 5.36. The molecule has 86 valence electrons. The van der Waals surface area contributed by atoms with Crippen LogP contribution in [0, 0.1) is 0 Å². The van der Waals surface area contributed by atoms with Gasteiger partial charge in [0.1, 0.15) is 4.21 Å². The maximum absolute atomic E-state index is 11.9. The first-order chi connectivity index (χ1) is 6.97. The van der Waals surface area contributed by atoms with Gasteiger partial charge in [-0.3, -0.25) is 0 Å². The van der Waals surface area contributed by atoms with Crippen molar-refractivity contribution in [1.29, 1.82) is 0 Å². The Hall–Kier alpha value is 0.440. The molecular weight excluding hydrogens is 318 g/mol. The van der Waals surface area contributed by atoms with Crippen molar-refractivity contribution < 1.29 is 8.42 Å². The summed E-state index contributed by atoms with van der Waals surface area (Å²) < 4.78 is 27.3. The van der Waals surface area contributed by atoms with E-state index in [1.807, 2.05) is 13.2 Å². The summed E-state index contributed by atoms with van der Waals surface area (Å²) in [6.45, 7) is 1.86. The highest BCUT2D eigenvalue weighted by Crippen LogP contribution is 2.27. The van der Waals surface area contributed by atoms with E-state index in [4.69, 9.17) is 0 Å². The van der Waals surface area contributed by atoms with Gasteiger partial charge in [0, 0.05) is 16.3 Å². The second-order valence-electron chi connectivity index (χ2n) is 3.03. The van der Waals surface area contributed by atoms with Gasteiger partial charge in [-0.15, -0.1) is 11.3 Å². The van der Waals surface area contributed by atoms with Crippen LogP contribution in [0.25, 0.3) is 0 Å². The molecule has 1 aromatic heterocycles. The minimum absolute atomic E-state index is 0.0565. The maximum atomic E-state index is 11.9. The zero-order valence-electron chi connectivity index (χ0n) is 8.36. The van der Waals surface area contributed by atoms with Crippen molar-refractivity contribution in [3.8, 4) is 0 Å². The number of hydrogen-bond acceptors (Lipinski definition) is 4. The van der Waals surface area contributed by atoms with Crippen LogP contribution in [0.3, 0.4) is 0 Å². The third-order valence-electron chi connectivity index (χ3n) is 1.60. The fraction of sp³-hybridized carbons (Fsp3) is 0.500. The topological polar surface area (TPSA) is 46.2 Å². The van der Waals surface area contributed by atoms with E-state index in [2.05, 4.69) is 20.7 Å². The molecule has 0 spiro atoms. The Balaban J connectivity index is 2.81. The van der Waals surface area contributed by atoms with Gasteiger partial charge in [-0.2, -0.15) is 11.8 Å². The van der Waals surface area contributed by atoms with E-state index in [0.29, 0.717) is 8.68 Å². The fourth-order valence-electron chi connectivity index (χ4n) is 1.07. The molecule has 1 atom stereocenters. The molecule has 0 saturated heterocycles. The molecule has 0 radical (unpaired) electrons. The van der Waals surface area contributed by atoms with E-state index in [0.717, 1.165) is 5.75 Å². The lowest BCUT2D eigenvalue weighted by molar-refractivity contribution is 0.573. The molecule has 0 fully saturated rings. The van der Waals surface area contributed by atoms with Crippen LogP contribution in [0.4, 0.5) is 0 Å². The third-order valence-corrected chi connectivity index (χ3v) is 6.69. The highest BCUT2D eigenvalue weighted by atomic mass is 79.9.